The SMILES string of the molecule is O=C(O)CCOCCc1ccc(CBr)cc1. The van der Waals surface area contributed by atoms with Crippen LogP contribution in [0.5, 0.6) is 0 Å². The molecule has 0 aliphatic rings. The average Bonchev–Trinajstić information content (AvgIpc) is 2.29. The number of hydrogen-bond donors (Lipinski definition) is 1. The van der Waals surface area contributed by atoms with Gasteiger partial charge in [0.15, 0.2) is 0 Å². The van der Waals surface area contributed by atoms with Gasteiger partial charge in [0.1, 0.15) is 0 Å². The van der Waals surface area contributed by atoms with Crippen molar-refractivity contribution in [1.82, 2.24) is 0 Å². The Bertz CT molecular complexity index is 322. The summed E-state index contributed by atoms with van der Waals surface area (Å²) in [4.78, 5) is 10.2. The van der Waals surface area contributed by atoms with E-state index in [1.807, 2.05) is 0 Å². The first-order valence-corrected chi connectivity index (χ1v) is 6.28. The van der Waals surface area contributed by atoms with Gasteiger partial charge < -0.3 is 9.84 Å². The zero-order valence-electron chi connectivity index (χ0n) is 8.99. The van der Waals surface area contributed by atoms with Crippen molar-refractivity contribution >= 4 is 21.9 Å². The summed E-state index contributed by atoms with van der Waals surface area (Å²) in [5.41, 5.74) is 2.45. The van der Waals surface area contributed by atoms with Crippen molar-refractivity contribution in [1.29, 1.82) is 0 Å². The smallest absolute Gasteiger partial charge is 0.305 e. The Morgan fingerprint density at radius 1 is 1.19 bits per heavy atom. The molecular weight excluding hydrogens is 272 g/mol. The van der Waals surface area contributed by atoms with E-state index in [4.69, 9.17) is 9.84 Å². The minimum absolute atomic E-state index is 0.0719. The molecule has 1 aromatic carbocycles. The van der Waals surface area contributed by atoms with Crippen molar-refractivity contribution in [2.24, 2.45) is 0 Å². The van der Waals surface area contributed by atoms with Gasteiger partial charge in [0.25, 0.3) is 0 Å². The first-order chi connectivity index (χ1) is 7.72. The van der Waals surface area contributed by atoms with Crippen molar-refractivity contribution in [3.05, 3.63) is 35.4 Å². The zero-order valence-corrected chi connectivity index (χ0v) is 10.6. The van der Waals surface area contributed by atoms with E-state index < -0.39 is 5.97 Å². The summed E-state index contributed by atoms with van der Waals surface area (Å²) in [6.45, 7) is 0.857. The molecule has 0 aliphatic heterocycles. The van der Waals surface area contributed by atoms with Gasteiger partial charge in [0, 0.05) is 5.33 Å². The predicted octanol–water partition coefficient (Wildman–Crippen LogP) is 2.62. The van der Waals surface area contributed by atoms with Gasteiger partial charge in [-0.3, -0.25) is 4.79 Å². The van der Waals surface area contributed by atoms with E-state index in [9.17, 15) is 4.79 Å². The van der Waals surface area contributed by atoms with Crippen LogP contribution < -0.4 is 0 Å². The first kappa shape index (κ1) is 13.2. The van der Waals surface area contributed by atoms with E-state index in [0.29, 0.717) is 6.61 Å². The second-order valence-electron chi connectivity index (χ2n) is 3.46. The summed E-state index contributed by atoms with van der Waals surface area (Å²) in [5, 5.41) is 9.27. The van der Waals surface area contributed by atoms with Crippen molar-refractivity contribution in [3.8, 4) is 0 Å². The number of hydrogen-bond acceptors (Lipinski definition) is 2. The number of aliphatic carboxylic acids is 1. The molecule has 0 amide bonds. The molecule has 3 nitrogen and oxygen atoms in total. The fourth-order valence-corrected chi connectivity index (χ4v) is 1.62. The second kappa shape index (κ2) is 7.41. The van der Waals surface area contributed by atoms with Gasteiger partial charge in [0.2, 0.25) is 0 Å². The molecule has 1 aromatic rings. The highest BCUT2D eigenvalue weighted by molar-refractivity contribution is 9.08. The van der Waals surface area contributed by atoms with Crippen LogP contribution in [-0.4, -0.2) is 24.3 Å². The molecule has 16 heavy (non-hydrogen) atoms. The van der Waals surface area contributed by atoms with Crippen molar-refractivity contribution in [2.45, 2.75) is 18.2 Å². The third-order valence-electron chi connectivity index (χ3n) is 2.17. The van der Waals surface area contributed by atoms with Crippen LogP contribution in [0.3, 0.4) is 0 Å². The molecule has 88 valence electrons. The van der Waals surface area contributed by atoms with E-state index >= 15 is 0 Å². The molecule has 0 saturated carbocycles. The number of carboxylic acid groups (broad SMARTS) is 1. The molecule has 0 spiro atoms. The molecule has 0 radical (unpaired) electrons. The van der Waals surface area contributed by atoms with Crippen molar-refractivity contribution in [3.63, 3.8) is 0 Å². The standard InChI is InChI=1S/C12H15BrO3/c13-9-11-3-1-10(2-4-11)5-7-16-8-6-12(14)15/h1-4H,5-9H2,(H,14,15). The maximum absolute atomic E-state index is 10.2. The molecule has 0 saturated heterocycles. The van der Waals surface area contributed by atoms with E-state index in [1.165, 1.54) is 11.1 Å². The van der Waals surface area contributed by atoms with Crippen molar-refractivity contribution < 1.29 is 14.6 Å². The van der Waals surface area contributed by atoms with Crippen LogP contribution in [0.15, 0.2) is 24.3 Å². The van der Waals surface area contributed by atoms with Gasteiger partial charge in [-0.15, -0.1) is 0 Å². The fraction of sp³-hybridized carbons (Fsp3) is 0.417. The van der Waals surface area contributed by atoms with E-state index in [1.54, 1.807) is 0 Å². The second-order valence-corrected chi connectivity index (χ2v) is 4.02. The maximum Gasteiger partial charge on any atom is 0.305 e. The lowest BCUT2D eigenvalue weighted by atomic mass is 10.1. The van der Waals surface area contributed by atoms with Crippen LogP contribution in [0.25, 0.3) is 0 Å². The molecule has 0 heterocycles. The highest BCUT2D eigenvalue weighted by Gasteiger charge is 1.97. The molecule has 0 bridgehead atoms. The first-order valence-electron chi connectivity index (χ1n) is 5.15. The normalized spacial score (nSPS) is 10.3. The van der Waals surface area contributed by atoms with Crippen LogP contribution in [0.1, 0.15) is 17.5 Å². The summed E-state index contributed by atoms with van der Waals surface area (Å²) in [5.74, 6) is -0.818. The van der Waals surface area contributed by atoms with Crippen LogP contribution >= 0.6 is 15.9 Å². The molecule has 0 atom stereocenters. The lowest BCUT2D eigenvalue weighted by Gasteiger charge is -2.03. The zero-order chi connectivity index (χ0) is 11.8. The third-order valence-corrected chi connectivity index (χ3v) is 2.82. The van der Waals surface area contributed by atoms with Gasteiger partial charge in [0.05, 0.1) is 19.6 Å². The number of carboxylic acids is 1. The molecule has 0 fully saturated rings. The number of benzene rings is 1. The number of carbonyl (C=O) groups is 1. The number of ether oxygens (including phenoxy) is 1. The van der Waals surface area contributed by atoms with E-state index in [2.05, 4.69) is 40.2 Å². The minimum Gasteiger partial charge on any atom is -0.481 e. The van der Waals surface area contributed by atoms with Crippen LogP contribution in [-0.2, 0) is 21.3 Å². The Hall–Kier alpha value is -0.870. The van der Waals surface area contributed by atoms with Gasteiger partial charge in [-0.25, -0.2) is 0 Å². The average molecular weight is 287 g/mol. The molecular formula is C12H15BrO3. The Labute approximate surface area is 104 Å². The van der Waals surface area contributed by atoms with Crippen LogP contribution in [0.2, 0.25) is 0 Å². The van der Waals surface area contributed by atoms with Crippen LogP contribution in [0.4, 0.5) is 0 Å². The van der Waals surface area contributed by atoms with Gasteiger partial charge in [-0.2, -0.15) is 0 Å². The summed E-state index contributed by atoms with van der Waals surface area (Å²) in [6.07, 6.45) is 0.894. The van der Waals surface area contributed by atoms with E-state index in [0.717, 1.165) is 11.8 Å². The predicted molar refractivity (Wildman–Crippen MR) is 65.8 cm³/mol. The van der Waals surface area contributed by atoms with Crippen molar-refractivity contribution in [2.75, 3.05) is 13.2 Å². The molecule has 4 heteroatoms. The molecule has 0 unspecified atom stereocenters. The summed E-state index contributed by atoms with van der Waals surface area (Å²) in [6, 6.07) is 8.27. The third kappa shape index (κ3) is 5.28. The Balaban J connectivity index is 2.19. The lowest BCUT2D eigenvalue weighted by Crippen LogP contribution is -2.05. The Morgan fingerprint density at radius 3 is 2.38 bits per heavy atom. The largest absolute Gasteiger partial charge is 0.481 e. The highest BCUT2D eigenvalue weighted by Crippen LogP contribution is 2.08. The Kier molecular flexibility index (Phi) is 6.11. The monoisotopic (exact) mass is 286 g/mol. The molecule has 1 rings (SSSR count). The summed E-state index contributed by atoms with van der Waals surface area (Å²) >= 11 is 3.39. The molecule has 0 aromatic heterocycles. The fourth-order valence-electron chi connectivity index (χ4n) is 1.25. The topological polar surface area (TPSA) is 46.5 Å². The summed E-state index contributed by atoms with van der Waals surface area (Å²) < 4.78 is 5.21. The van der Waals surface area contributed by atoms with Gasteiger partial charge >= 0.3 is 5.97 Å². The highest BCUT2D eigenvalue weighted by atomic mass is 79.9. The molecule has 0 aliphatic carbocycles. The van der Waals surface area contributed by atoms with Crippen LogP contribution in [0, 0.1) is 0 Å². The van der Waals surface area contributed by atoms with Gasteiger partial charge in [-0.05, 0) is 17.5 Å². The molecule has 1 N–H and O–H groups in total. The van der Waals surface area contributed by atoms with Gasteiger partial charge in [-0.1, -0.05) is 40.2 Å². The number of rotatable bonds is 7. The van der Waals surface area contributed by atoms with E-state index in [-0.39, 0.29) is 13.0 Å². The minimum atomic E-state index is -0.818. The number of alkyl halides is 1. The number of halogens is 1. The Morgan fingerprint density at radius 2 is 1.81 bits per heavy atom. The quantitative estimate of drug-likeness (QED) is 0.619. The summed E-state index contributed by atoms with van der Waals surface area (Å²) in [7, 11) is 0. The maximum atomic E-state index is 10.2. The lowest BCUT2D eigenvalue weighted by molar-refractivity contribution is -0.138.